The lowest BCUT2D eigenvalue weighted by Gasteiger charge is -2.04. The predicted octanol–water partition coefficient (Wildman–Crippen LogP) is 1.79. The molecule has 21 heavy (non-hydrogen) atoms. The lowest BCUT2D eigenvalue weighted by atomic mass is 10.3. The summed E-state index contributed by atoms with van der Waals surface area (Å²) in [5.41, 5.74) is 0.764. The van der Waals surface area contributed by atoms with Gasteiger partial charge in [0.05, 0.1) is 0 Å². The highest BCUT2D eigenvalue weighted by molar-refractivity contribution is 6.30. The lowest BCUT2D eigenvalue weighted by Crippen LogP contribution is -2.28. The molecule has 0 bridgehead atoms. The van der Waals surface area contributed by atoms with Crippen molar-refractivity contribution in [1.29, 1.82) is 0 Å². The van der Waals surface area contributed by atoms with E-state index in [0.717, 1.165) is 4.68 Å². The molecular formula is C14H11ClN4O2. The van der Waals surface area contributed by atoms with E-state index >= 15 is 0 Å². The number of amides is 1. The van der Waals surface area contributed by atoms with Crippen molar-refractivity contribution < 1.29 is 4.79 Å². The minimum absolute atomic E-state index is 0.150. The highest BCUT2D eigenvalue weighted by atomic mass is 35.5. The Bertz CT molecular complexity index is 851. The van der Waals surface area contributed by atoms with E-state index < -0.39 is 0 Å². The van der Waals surface area contributed by atoms with Crippen molar-refractivity contribution in [2.45, 2.75) is 6.54 Å². The number of anilines is 1. The molecule has 2 heterocycles. The normalized spacial score (nSPS) is 10.7. The molecule has 1 amide bonds. The summed E-state index contributed by atoms with van der Waals surface area (Å²) in [6.45, 7) is -0.150. The van der Waals surface area contributed by atoms with E-state index in [1.54, 1.807) is 48.7 Å². The molecule has 1 aromatic carbocycles. The molecule has 0 saturated carbocycles. The van der Waals surface area contributed by atoms with Gasteiger partial charge in [0.25, 0.3) is 0 Å². The molecule has 0 aliphatic rings. The number of carbonyl (C=O) groups excluding carboxylic acids is 1. The number of aromatic nitrogens is 3. The van der Waals surface area contributed by atoms with E-state index in [2.05, 4.69) is 10.4 Å². The Morgan fingerprint density at radius 2 is 1.95 bits per heavy atom. The Labute approximate surface area is 124 Å². The van der Waals surface area contributed by atoms with E-state index in [1.807, 2.05) is 0 Å². The van der Waals surface area contributed by atoms with Gasteiger partial charge in [-0.05, 0) is 36.4 Å². The summed E-state index contributed by atoms with van der Waals surface area (Å²) in [7, 11) is 0. The Kier molecular flexibility index (Phi) is 3.45. The van der Waals surface area contributed by atoms with Crippen molar-refractivity contribution >= 4 is 28.8 Å². The standard InChI is InChI=1S/C14H11ClN4O2/c15-10-4-6-11(7-5-10)16-13(20)9-19-14(21)18-8-2-1-3-12(18)17-19/h1-8H,9H2,(H,16,20). The summed E-state index contributed by atoms with van der Waals surface area (Å²) in [6, 6.07) is 11.9. The number of carbonyl (C=O) groups is 1. The van der Waals surface area contributed by atoms with E-state index in [-0.39, 0.29) is 18.1 Å². The number of nitrogens with zero attached hydrogens (tertiary/aromatic N) is 3. The number of fused-ring (bicyclic) bond motifs is 1. The molecule has 0 radical (unpaired) electrons. The largest absolute Gasteiger partial charge is 0.350 e. The zero-order chi connectivity index (χ0) is 14.8. The first kappa shape index (κ1) is 13.4. The van der Waals surface area contributed by atoms with Gasteiger partial charge in [0.15, 0.2) is 5.65 Å². The molecule has 3 aromatic rings. The molecular weight excluding hydrogens is 292 g/mol. The minimum atomic E-state index is -0.350. The number of benzene rings is 1. The quantitative estimate of drug-likeness (QED) is 0.802. The minimum Gasteiger partial charge on any atom is -0.324 e. The van der Waals surface area contributed by atoms with Crippen molar-refractivity contribution in [3.05, 3.63) is 64.2 Å². The second kappa shape index (κ2) is 5.41. The molecule has 0 fully saturated rings. The summed E-state index contributed by atoms with van der Waals surface area (Å²) < 4.78 is 2.51. The van der Waals surface area contributed by atoms with Crippen molar-refractivity contribution in [1.82, 2.24) is 14.2 Å². The zero-order valence-corrected chi connectivity index (χ0v) is 11.6. The van der Waals surface area contributed by atoms with Crippen molar-refractivity contribution in [3.8, 4) is 0 Å². The lowest BCUT2D eigenvalue weighted by molar-refractivity contribution is -0.117. The summed E-state index contributed by atoms with van der Waals surface area (Å²) >= 11 is 5.77. The van der Waals surface area contributed by atoms with Crippen LogP contribution >= 0.6 is 11.6 Å². The van der Waals surface area contributed by atoms with Crippen molar-refractivity contribution in [2.24, 2.45) is 0 Å². The molecule has 0 atom stereocenters. The first-order valence-corrected chi connectivity index (χ1v) is 6.61. The maximum absolute atomic E-state index is 12.0. The van der Waals surface area contributed by atoms with E-state index in [4.69, 9.17) is 11.6 Å². The number of nitrogens with one attached hydrogen (secondary N) is 1. The fourth-order valence-corrected chi connectivity index (χ4v) is 2.07. The predicted molar refractivity (Wildman–Crippen MR) is 79.5 cm³/mol. The Balaban J connectivity index is 1.78. The summed E-state index contributed by atoms with van der Waals surface area (Å²) in [4.78, 5) is 24.0. The summed E-state index contributed by atoms with van der Waals surface area (Å²) in [5, 5.41) is 7.36. The number of hydrogen-bond donors (Lipinski definition) is 1. The smallest absolute Gasteiger partial charge is 0.324 e. The molecule has 0 aliphatic heterocycles. The van der Waals surface area contributed by atoms with Crippen LogP contribution in [0.25, 0.3) is 5.65 Å². The molecule has 1 N–H and O–H groups in total. The van der Waals surface area contributed by atoms with E-state index in [9.17, 15) is 9.59 Å². The number of rotatable bonds is 3. The molecule has 0 spiro atoms. The average Bonchev–Trinajstić information content (AvgIpc) is 2.78. The molecule has 0 unspecified atom stereocenters. The molecule has 0 saturated heterocycles. The van der Waals surface area contributed by atoms with Crippen LogP contribution < -0.4 is 11.0 Å². The van der Waals surface area contributed by atoms with Crippen molar-refractivity contribution in [3.63, 3.8) is 0 Å². The molecule has 6 nitrogen and oxygen atoms in total. The van der Waals surface area contributed by atoms with Crippen LogP contribution in [0.1, 0.15) is 0 Å². The van der Waals surface area contributed by atoms with Crippen LogP contribution in [0.2, 0.25) is 5.02 Å². The van der Waals surface area contributed by atoms with Gasteiger partial charge in [-0.1, -0.05) is 17.7 Å². The van der Waals surface area contributed by atoms with Crippen LogP contribution in [-0.4, -0.2) is 20.1 Å². The number of pyridine rings is 1. The molecule has 0 aliphatic carbocycles. The third-order valence-electron chi connectivity index (χ3n) is 2.91. The Morgan fingerprint density at radius 1 is 1.19 bits per heavy atom. The molecule has 2 aromatic heterocycles. The van der Waals surface area contributed by atoms with Gasteiger partial charge in [0, 0.05) is 16.9 Å². The van der Waals surface area contributed by atoms with Crippen LogP contribution in [0.4, 0.5) is 5.69 Å². The number of halogens is 1. The van der Waals surface area contributed by atoms with Gasteiger partial charge in [-0.2, -0.15) is 0 Å². The first-order chi connectivity index (χ1) is 10.1. The van der Waals surface area contributed by atoms with Gasteiger partial charge in [0.1, 0.15) is 6.54 Å². The SMILES string of the molecule is O=C(Cn1nc2ccccn2c1=O)Nc1ccc(Cl)cc1. The Hall–Kier alpha value is -2.60. The molecule has 3 rings (SSSR count). The maximum Gasteiger partial charge on any atom is 0.350 e. The monoisotopic (exact) mass is 302 g/mol. The van der Waals surface area contributed by atoms with Crippen LogP contribution in [0.15, 0.2) is 53.5 Å². The van der Waals surface area contributed by atoms with E-state index in [0.29, 0.717) is 16.4 Å². The van der Waals surface area contributed by atoms with Gasteiger partial charge in [-0.15, -0.1) is 5.10 Å². The topological polar surface area (TPSA) is 68.4 Å². The Morgan fingerprint density at radius 3 is 2.67 bits per heavy atom. The highest BCUT2D eigenvalue weighted by Crippen LogP contribution is 2.13. The van der Waals surface area contributed by atoms with Crippen LogP contribution in [-0.2, 0) is 11.3 Å². The number of hydrogen-bond acceptors (Lipinski definition) is 3. The van der Waals surface area contributed by atoms with Gasteiger partial charge in [0.2, 0.25) is 5.91 Å². The van der Waals surface area contributed by atoms with Crippen LogP contribution in [0.5, 0.6) is 0 Å². The zero-order valence-electron chi connectivity index (χ0n) is 10.9. The molecule has 7 heteroatoms. The van der Waals surface area contributed by atoms with Gasteiger partial charge in [-0.25, -0.2) is 9.48 Å². The third kappa shape index (κ3) is 2.80. The van der Waals surface area contributed by atoms with Crippen molar-refractivity contribution in [2.75, 3.05) is 5.32 Å². The van der Waals surface area contributed by atoms with Gasteiger partial charge in [-0.3, -0.25) is 9.20 Å². The second-order valence-corrected chi connectivity index (χ2v) is 4.86. The first-order valence-electron chi connectivity index (χ1n) is 6.23. The van der Waals surface area contributed by atoms with Gasteiger partial charge >= 0.3 is 5.69 Å². The summed E-state index contributed by atoms with van der Waals surface area (Å²) in [5.74, 6) is -0.331. The molecule has 106 valence electrons. The third-order valence-corrected chi connectivity index (χ3v) is 3.16. The highest BCUT2D eigenvalue weighted by Gasteiger charge is 2.10. The van der Waals surface area contributed by atoms with Crippen LogP contribution in [0.3, 0.4) is 0 Å². The second-order valence-electron chi connectivity index (χ2n) is 4.42. The fourth-order valence-electron chi connectivity index (χ4n) is 1.94. The average molecular weight is 303 g/mol. The van der Waals surface area contributed by atoms with Crippen LogP contribution in [0, 0.1) is 0 Å². The fraction of sp³-hybridized carbons (Fsp3) is 0.0714. The van der Waals surface area contributed by atoms with Gasteiger partial charge < -0.3 is 5.32 Å². The van der Waals surface area contributed by atoms with E-state index in [1.165, 1.54) is 4.40 Å². The summed E-state index contributed by atoms with van der Waals surface area (Å²) in [6.07, 6.45) is 1.61. The maximum atomic E-state index is 12.0.